The molecule has 0 saturated carbocycles. The van der Waals surface area contributed by atoms with Crippen LogP contribution in [0.15, 0.2) is 53.7 Å². The molecule has 10 heteroatoms. The molecule has 1 N–H and O–H groups in total. The van der Waals surface area contributed by atoms with E-state index in [-0.39, 0.29) is 17.5 Å². The van der Waals surface area contributed by atoms with Crippen LogP contribution < -0.4 is 5.32 Å². The maximum Gasteiger partial charge on any atom is 0.271 e. The van der Waals surface area contributed by atoms with Gasteiger partial charge >= 0.3 is 0 Å². The molecule has 0 spiro atoms. The Labute approximate surface area is 183 Å². The molecule has 0 bridgehead atoms. The van der Waals surface area contributed by atoms with Crippen molar-refractivity contribution in [3.05, 3.63) is 64.5 Å². The third kappa shape index (κ3) is 5.46. The number of thioether (sulfide) groups is 1. The maximum atomic E-state index is 14.3. The summed E-state index contributed by atoms with van der Waals surface area (Å²) < 4.78 is 16.1. The first-order chi connectivity index (χ1) is 14.8. The van der Waals surface area contributed by atoms with Crippen molar-refractivity contribution in [1.29, 1.82) is 0 Å². The Balaban J connectivity index is 1.81. The van der Waals surface area contributed by atoms with Crippen LogP contribution in [0.4, 0.5) is 15.8 Å². The van der Waals surface area contributed by atoms with Crippen LogP contribution in [0, 0.1) is 21.8 Å². The molecule has 0 aliphatic heterocycles. The quantitative estimate of drug-likeness (QED) is 0.306. The number of aromatic nitrogens is 3. The van der Waals surface area contributed by atoms with E-state index in [4.69, 9.17) is 0 Å². The molecule has 2 aromatic carbocycles. The summed E-state index contributed by atoms with van der Waals surface area (Å²) in [5.41, 5.74) is 0.572. The molecule has 0 fully saturated rings. The van der Waals surface area contributed by atoms with E-state index >= 15 is 0 Å². The summed E-state index contributed by atoms with van der Waals surface area (Å²) in [7, 11) is 0. The minimum Gasteiger partial charge on any atom is -0.325 e. The van der Waals surface area contributed by atoms with Gasteiger partial charge in [-0.1, -0.05) is 43.8 Å². The molecule has 3 aromatic rings. The minimum absolute atomic E-state index is 0.107. The van der Waals surface area contributed by atoms with Gasteiger partial charge in [0.1, 0.15) is 5.82 Å². The fourth-order valence-corrected chi connectivity index (χ4v) is 3.76. The van der Waals surface area contributed by atoms with Crippen molar-refractivity contribution >= 4 is 29.0 Å². The monoisotopic (exact) mass is 443 g/mol. The molecule has 162 valence electrons. The fraction of sp³-hybridized carbons (Fsp3) is 0.286. The molecule has 8 nitrogen and oxygen atoms in total. The molecule has 0 aliphatic carbocycles. The molecule has 0 saturated heterocycles. The van der Waals surface area contributed by atoms with Crippen LogP contribution >= 0.6 is 11.8 Å². The molecule has 1 unspecified atom stereocenters. The summed E-state index contributed by atoms with van der Waals surface area (Å²) in [6.07, 6.45) is 0. The van der Waals surface area contributed by atoms with Crippen molar-refractivity contribution in [2.45, 2.75) is 37.7 Å². The largest absolute Gasteiger partial charge is 0.325 e. The number of rotatable bonds is 8. The van der Waals surface area contributed by atoms with E-state index in [1.54, 1.807) is 31.2 Å². The predicted octanol–water partition coefficient (Wildman–Crippen LogP) is 4.77. The molecule has 1 heterocycles. The molecule has 1 aromatic heterocycles. The van der Waals surface area contributed by atoms with Crippen molar-refractivity contribution in [3.63, 3.8) is 0 Å². The van der Waals surface area contributed by atoms with Gasteiger partial charge in [0, 0.05) is 24.4 Å². The normalized spacial score (nSPS) is 12.0. The van der Waals surface area contributed by atoms with Gasteiger partial charge in [-0.3, -0.25) is 14.9 Å². The summed E-state index contributed by atoms with van der Waals surface area (Å²) in [6, 6.07) is 12.1. The van der Waals surface area contributed by atoms with Crippen LogP contribution in [0.25, 0.3) is 11.4 Å². The molecule has 3 rings (SSSR count). The second-order valence-corrected chi connectivity index (χ2v) is 8.66. The number of amides is 1. The highest BCUT2D eigenvalue weighted by Crippen LogP contribution is 2.29. The first-order valence-corrected chi connectivity index (χ1v) is 10.5. The average molecular weight is 444 g/mol. The summed E-state index contributed by atoms with van der Waals surface area (Å²) >= 11 is 1.19. The number of anilines is 1. The zero-order valence-corrected chi connectivity index (χ0v) is 18.1. The number of nitrogens with one attached hydrogen (secondary N) is 1. The van der Waals surface area contributed by atoms with Gasteiger partial charge in [0.2, 0.25) is 5.91 Å². The fourth-order valence-electron chi connectivity index (χ4n) is 2.90. The third-order valence-corrected chi connectivity index (χ3v) is 5.44. The number of hydrogen-bond acceptors (Lipinski definition) is 6. The summed E-state index contributed by atoms with van der Waals surface area (Å²) in [5, 5.41) is 21.9. The molecule has 31 heavy (non-hydrogen) atoms. The number of non-ortho nitro benzene ring substituents is 1. The topological polar surface area (TPSA) is 103 Å². The van der Waals surface area contributed by atoms with Crippen LogP contribution in [0.5, 0.6) is 0 Å². The van der Waals surface area contributed by atoms with E-state index in [1.165, 1.54) is 36.0 Å². The van der Waals surface area contributed by atoms with Crippen molar-refractivity contribution in [2.24, 2.45) is 5.92 Å². The lowest BCUT2D eigenvalue weighted by Gasteiger charge is -2.15. The number of nitro groups is 1. The Morgan fingerprint density at radius 3 is 2.61 bits per heavy atom. The van der Waals surface area contributed by atoms with E-state index < -0.39 is 16.0 Å². The van der Waals surface area contributed by atoms with Crippen LogP contribution in [-0.4, -0.2) is 30.8 Å². The van der Waals surface area contributed by atoms with Gasteiger partial charge in [-0.2, -0.15) is 0 Å². The predicted molar refractivity (Wildman–Crippen MR) is 117 cm³/mol. The van der Waals surface area contributed by atoms with E-state index in [0.29, 0.717) is 28.8 Å². The van der Waals surface area contributed by atoms with Crippen LogP contribution in [0.2, 0.25) is 0 Å². The highest BCUT2D eigenvalue weighted by atomic mass is 32.2. The van der Waals surface area contributed by atoms with Crippen molar-refractivity contribution in [1.82, 2.24) is 14.8 Å². The number of hydrogen-bond donors (Lipinski definition) is 1. The Hall–Kier alpha value is -3.27. The molecule has 0 radical (unpaired) electrons. The van der Waals surface area contributed by atoms with Crippen molar-refractivity contribution < 1.29 is 14.1 Å². The Kier molecular flexibility index (Phi) is 7.01. The van der Waals surface area contributed by atoms with Crippen LogP contribution in [0.1, 0.15) is 20.8 Å². The lowest BCUT2D eigenvalue weighted by Crippen LogP contribution is -2.23. The third-order valence-electron chi connectivity index (χ3n) is 4.36. The first-order valence-electron chi connectivity index (χ1n) is 9.66. The summed E-state index contributed by atoms with van der Waals surface area (Å²) in [4.78, 5) is 23.0. The maximum absolute atomic E-state index is 14.3. The number of nitro benzene ring substituents is 1. The van der Waals surface area contributed by atoms with Gasteiger partial charge in [0.05, 0.1) is 15.7 Å². The van der Waals surface area contributed by atoms with Gasteiger partial charge in [-0.15, -0.1) is 10.2 Å². The van der Waals surface area contributed by atoms with Gasteiger partial charge in [0.25, 0.3) is 5.69 Å². The number of carbonyl (C=O) groups is 1. The highest BCUT2D eigenvalue weighted by molar-refractivity contribution is 8.00. The van der Waals surface area contributed by atoms with E-state index in [1.807, 2.05) is 18.4 Å². The number of halogens is 1. The van der Waals surface area contributed by atoms with Gasteiger partial charge in [-0.05, 0) is 31.0 Å². The van der Waals surface area contributed by atoms with E-state index in [9.17, 15) is 19.3 Å². The standard InChI is InChI=1S/C21H22FN5O3S/c1-13(2)12-26-19(17-9-4-5-10-18(17)22)24-25-21(26)31-14(3)20(28)23-15-7-6-8-16(11-15)27(29)30/h4-11,13-14H,12H2,1-3H3,(H,23,28). The molecule has 0 aliphatic rings. The Morgan fingerprint density at radius 1 is 1.19 bits per heavy atom. The Bertz CT molecular complexity index is 1100. The summed E-state index contributed by atoms with van der Waals surface area (Å²) in [6.45, 7) is 6.31. The molecular weight excluding hydrogens is 421 g/mol. The number of benzene rings is 2. The lowest BCUT2D eigenvalue weighted by atomic mass is 10.2. The second kappa shape index (κ2) is 9.69. The van der Waals surface area contributed by atoms with Crippen molar-refractivity contribution in [2.75, 3.05) is 5.32 Å². The van der Waals surface area contributed by atoms with Crippen molar-refractivity contribution in [3.8, 4) is 11.4 Å². The Morgan fingerprint density at radius 2 is 1.94 bits per heavy atom. The number of carbonyl (C=O) groups excluding carboxylic acids is 1. The number of nitrogens with zero attached hydrogens (tertiary/aromatic N) is 4. The highest BCUT2D eigenvalue weighted by Gasteiger charge is 2.23. The molecule has 1 amide bonds. The van der Waals surface area contributed by atoms with E-state index in [0.717, 1.165) is 0 Å². The summed E-state index contributed by atoms with van der Waals surface area (Å²) in [5.74, 6) is -0.0829. The minimum atomic E-state index is -0.567. The molecule has 1 atom stereocenters. The van der Waals surface area contributed by atoms with Gasteiger partial charge < -0.3 is 9.88 Å². The lowest BCUT2D eigenvalue weighted by molar-refractivity contribution is -0.384. The van der Waals surface area contributed by atoms with Gasteiger partial charge in [-0.25, -0.2) is 4.39 Å². The van der Waals surface area contributed by atoms with Gasteiger partial charge in [0.15, 0.2) is 11.0 Å². The zero-order valence-electron chi connectivity index (χ0n) is 17.3. The average Bonchev–Trinajstić information content (AvgIpc) is 3.09. The van der Waals surface area contributed by atoms with E-state index in [2.05, 4.69) is 15.5 Å². The SMILES string of the molecule is CC(C)Cn1c(SC(C)C(=O)Nc2cccc([N+](=O)[O-])c2)nnc1-c1ccccc1F. The second-order valence-electron chi connectivity index (χ2n) is 7.35. The van der Waals surface area contributed by atoms with Crippen LogP contribution in [0.3, 0.4) is 0 Å². The zero-order chi connectivity index (χ0) is 22.5. The molecular formula is C21H22FN5O3S. The van der Waals surface area contributed by atoms with Crippen LogP contribution in [-0.2, 0) is 11.3 Å². The first kappa shape index (κ1) is 22.4. The smallest absolute Gasteiger partial charge is 0.271 e.